The molecule has 5 nitrogen and oxygen atoms in total. The van der Waals surface area contributed by atoms with Gasteiger partial charge in [0.25, 0.3) is 0 Å². The molecule has 4 unspecified atom stereocenters. The minimum atomic E-state index is -2.21. The average Bonchev–Trinajstić information content (AvgIpc) is 2.76. The third kappa shape index (κ3) is 4.44. The molecule has 0 radical (unpaired) electrons. The van der Waals surface area contributed by atoms with Crippen LogP contribution in [0.4, 0.5) is 0 Å². The van der Waals surface area contributed by atoms with Crippen molar-refractivity contribution in [1.29, 1.82) is 0 Å². The predicted octanol–water partition coefficient (Wildman–Crippen LogP) is 3.50. The van der Waals surface area contributed by atoms with Gasteiger partial charge in [0.15, 0.2) is 17.2 Å². The Balaban J connectivity index is 3.36. The van der Waals surface area contributed by atoms with E-state index in [4.69, 9.17) is 0 Å². The highest BCUT2D eigenvalue weighted by atomic mass is 16.4. The normalized spacial score (nSPS) is 27.0. The number of carbonyl (C=O) groups is 2. The van der Waals surface area contributed by atoms with Crippen molar-refractivity contribution >= 4 is 11.6 Å². The number of hydrogen-bond donors (Lipinski definition) is 3. The fourth-order valence-electron chi connectivity index (χ4n) is 3.28. The number of rotatable bonds is 9. The number of ketones is 2. The third-order valence-electron chi connectivity index (χ3n) is 5.31. The summed E-state index contributed by atoms with van der Waals surface area (Å²) >= 11 is 0. The summed E-state index contributed by atoms with van der Waals surface area (Å²) in [7, 11) is 0. The van der Waals surface area contributed by atoms with Crippen LogP contribution in [0.2, 0.25) is 0 Å². The first-order chi connectivity index (χ1) is 12.0. The average molecular weight is 366 g/mol. The maximum atomic E-state index is 12.8. The van der Waals surface area contributed by atoms with Crippen LogP contribution < -0.4 is 0 Å². The van der Waals surface area contributed by atoms with Crippen molar-refractivity contribution in [2.45, 2.75) is 78.9 Å². The highest BCUT2D eigenvalue weighted by molar-refractivity contribution is 6.03. The molecule has 4 atom stereocenters. The lowest BCUT2D eigenvalue weighted by atomic mass is 9.79. The van der Waals surface area contributed by atoms with Gasteiger partial charge in [0.2, 0.25) is 0 Å². The van der Waals surface area contributed by atoms with Gasteiger partial charge in [-0.3, -0.25) is 9.59 Å². The summed E-state index contributed by atoms with van der Waals surface area (Å²) in [4.78, 5) is 25.4. The quantitative estimate of drug-likeness (QED) is 0.543. The first-order valence-corrected chi connectivity index (χ1v) is 9.53. The van der Waals surface area contributed by atoms with Gasteiger partial charge >= 0.3 is 0 Å². The van der Waals surface area contributed by atoms with Gasteiger partial charge in [0.05, 0.1) is 11.7 Å². The lowest BCUT2D eigenvalue weighted by molar-refractivity contribution is -0.143. The van der Waals surface area contributed by atoms with Crippen LogP contribution in [-0.4, -0.2) is 38.6 Å². The number of hydrogen-bond acceptors (Lipinski definition) is 5. The van der Waals surface area contributed by atoms with Gasteiger partial charge < -0.3 is 15.3 Å². The Labute approximate surface area is 156 Å². The van der Waals surface area contributed by atoms with Crippen molar-refractivity contribution in [3.63, 3.8) is 0 Å². The molecular weight excluding hydrogens is 332 g/mol. The zero-order chi connectivity index (χ0) is 20.2. The first kappa shape index (κ1) is 22.6. The minimum absolute atomic E-state index is 0.0844. The Bertz CT molecular complexity index is 598. The summed E-state index contributed by atoms with van der Waals surface area (Å²) in [5, 5.41) is 32.6. The zero-order valence-electron chi connectivity index (χ0n) is 16.9. The molecule has 0 saturated carbocycles. The van der Waals surface area contributed by atoms with E-state index in [9.17, 15) is 24.9 Å². The molecule has 0 aromatic heterocycles. The topological polar surface area (TPSA) is 94.8 Å². The zero-order valence-corrected chi connectivity index (χ0v) is 16.9. The van der Waals surface area contributed by atoms with E-state index in [-0.39, 0.29) is 24.3 Å². The second-order valence-corrected chi connectivity index (χ2v) is 8.13. The molecule has 0 aromatic carbocycles. The van der Waals surface area contributed by atoms with Gasteiger partial charge in [-0.15, -0.1) is 0 Å². The van der Waals surface area contributed by atoms with Gasteiger partial charge in [0, 0.05) is 18.3 Å². The molecule has 1 aliphatic carbocycles. The maximum absolute atomic E-state index is 12.8. The van der Waals surface area contributed by atoms with E-state index >= 15 is 0 Å². The summed E-state index contributed by atoms with van der Waals surface area (Å²) in [6.45, 7) is 11.2. The number of aliphatic hydroxyl groups is 3. The van der Waals surface area contributed by atoms with Crippen LogP contribution in [0.3, 0.4) is 0 Å². The smallest absolute Gasteiger partial charge is 0.186 e. The third-order valence-corrected chi connectivity index (χ3v) is 5.31. The molecule has 0 spiro atoms. The van der Waals surface area contributed by atoms with Crippen molar-refractivity contribution in [1.82, 2.24) is 0 Å². The summed E-state index contributed by atoms with van der Waals surface area (Å²) in [5.74, 6) is -2.71. The summed E-state index contributed by atoms with van der Waals surface area (Å²) in [6.07, 6.45) is 1.84. The highest BCUT2D eigenvalue weighted by Gasteiger charge is 2.58. The van der Waals surface area contributed by atoms with Gasteiger partial charge in [0.1, 0.15) is 5.76 Å². The summed E-state index contributed by atoms with van der Waals surface area (Å²) in [5.41, 5.74) is -1.44. The molecule has 0 fully saturated rings. The van der Waals surface area contributed by atoms with Gasteiger partial charge in [-0.05, 0) is 39.0 Å². The molecule has 0 bridgehead atoms. The molecule has 148 valence electrons. The van der Waals surface area contributed by atoms with E-state index in [0.717, 1.165) is 5.57 Å². The van der Waals surface area contributed by atoms with Crippen molar-refractivity contribution in [2.24, 2.45) is 17.8 Å². The Morgan fingerprint density at radius 2 is 1.81 bits per heavy atom. The molecule has 1 rings (SSSR count). The van der Waals surface area contributed by atoms with Crippen LogP contribution >= 0.6 is 0 Å². The SMILES string of the molecule is CCC(C)C(=O)C1=C(O)C(O)(C(=O)CCC(C)C)C(CC=C(C)C)C1O. The molecule has 5 heteroatoms. The Morgan fingerprint density at radius 1 is 1.23 bits per heavy atom. The van der Waals surface area contributed by atoms with Crippen LogP contribution in [0.25, 0.3) is 0 Å². The van der Waals surface area contributed by atoms with E-state index in [1.54, 1.807) is 13.0 Å². The molecule has 3 N–H and O–H groups in total. The number of aliphatic hydroxyl groups excluding tert-OH is 2. The molecule has 1 aliphatic rings. The minimum Gasteiger partial charge on any atom is -0.508 e. The molecule has 0 aromatic rings. The maximum Gasteiger partial charge on any atom is 0.186 e. The standard InChI is InChI=1S/C21H34O5/c1-7-14(6)18(23)17-19(24)15(10-8-12(2)3)21(26,20(17)25)16(22)11-9-13(4)5/h8,13-15,19,24-26H,7,9-11H2,1-6H3. The molecule has 0 heterocycles. The lowest BCUT2D eigenvalue weighted by Crippen LogP contribution is -2.47. The molecule has 0 saturated heterocycles. The van der Waals surface area contributed by atoms with E-state index < -0.39 is 40.9 Å². The van der Waals surface area contributed by atoms with Gasteiger partial charge in [-0.25, -0.2) is 0 Å². The Kier molecular flexibility index (Phi) is 7.78. The van der Waals surface area contributed by atoms with Crippen LogP contribution in [0.15, 0.2) is 23.0 Å². The monoisotopic (exact) mass is 366 g/mol. The number of allylic oxidation sites excluding steroid dienone is 2. The van der Waals surface area contributed by atoms with Crippen LogP contribution in [0, 0.1) is 17.8 Å². The van der Waals surface area contributed by atoms with Crippen molar-refractivity contribution in [2.75, 3.05) is 0 Å². The second-order valence-electron chi connectivity index (χ2n) is 8.13. The summed E-state index contributed by atoms with van der Waals surface area (Å²) < 4.78 is 0. The molecule has 0 aliphatic heterocycles. The molecule has 26 heavy (non-hydrogen) atoms. The number of Topliss-reactive ketones (excluding diaryl/α,β-unsaturated/α-hetero) is 2. The number of carbonyl (C=O) groups excluding carboxylic acids is 2. The molecular formula is C21H34O5. The van der Waals surface area contributed by atoms with E-state index in [0.29, 0.717) is 12.8 Å². The fourth-order valence-corrected chi connectivity index (χ4v) is 3.28. The second kappa shape index (κ2) is 8.96. The summed E-state index contributed by atoms with van der Waals surface area (Å²) in [6, 6.07) is 0. The van der Waals surface area contributed by atoms with Crippen molar-refractivity contribution in [3.05, 3.63) is 23.0 Å². The lowest BCUT2D eigenvalue weighted by Gasteiger charge is -2.30. The van der Waals surface area contributed by atoms with Gasteiger partial charge in [-0.2, -0.15) is 0 Å². The van der Waals surface area contributed by atoms with Crippen molar-refractivity contribution in [3.8, 4) is 0 Å². The molecule has 0 amide bonds. The van der Waals surface area contributed by atoms with Crippen molar-refractivity contribution < 1.29 is 24.9 Å². The highest BCUT2D eigenvalue weighted by Crippen LogP contribution is 2.44. The van der Waals surface area contributed by atoms with Gasteiger partial charge in [-0.1, -0.05) is 39.3 Å². The van der Waals surface area contributed by atoms with Crippen LogP contribution in [0.1, 0.15) is 67.2 Å². The predicted molar refractivity (Wildman–Crippen MR) is 102 cm³/mol. The Hall–Kier alpha value is -1.46. The van der Waals surface area contributed by atoms with Crippen LogP contribution in [0.5, 0.6) is 0 Å². The van der Waals surface area contributed by atoms with E-state index in [1.165, 1.54) is 0 Å². The van der Waals surface area contributed by atoms with E-state index in [2.05, 4.69) is 0 Å². The first-order valence-electron chi connectivity index (χ1n) is 9.53. The largest absolute Gasteiger partial charge is 0.508 e. The fraction of sp³-hybridized carbons (Fsp3) is 0.714. The van der Waals surface area contributed by atoms with Crippen LogP contribution in [-0.2, 0) is 9.59 Å². The Morgan fingerprint density at radius 3 is 2.27 bits per heavy atom. The van der Waals surface area contributed by atoms with E-state index in [1.807, 2.05) is 34.6 Å².